The van der Waals surface area contributed by atoms with Crippen LogP contribution in [0.4, 0.5) is 0 Å². The van der Waals surface area contributed by atoms with E-state index < -0.39 is 0 Å². The summed E-state index contributed by atoms with van der Waals surface area (Å²) in [5, 5.41) is 0. The quantitative estimate of drug-likeness (QED) is 0.412. The second kappa shape index (κ2) is 8.86. The molecule has 0 aromatic rings. The van der Waals surface area contributed by atoms with E-state index in [9.17, 15) is 0 Å². The van der Waals surface area contributed by atoms with Crippen molar-refractivity contribution < 1.29 is 18.9 Å². The van der Waals surface area contributed by atoms with Crippen molar-refractivity contribution in [2.45, 2.75) is 39.4 Å². The lowest BCUT2D eigenvalue weighted by atomic mass is 10.1. The van der Waals surface area contributed by atoms with Crippen molar-refractivity contribution in [2.75, 3.05) is 39.6 Å². The molecule has 1 heterocycles. The molecule has 4 heteroatoms. The normalized spacial score (nSPS) is 24.9. The molecule has 3 atom stereocenters. The van der Waals surface area contributed by atoms with Gasteiger partial charge in [0, 0.05) is 13.2 Å². The predicted octanol–water partition coefficient (Wildman–Crippen LogP) is 1.87. The Labute approximate surface area is 105 Å². The van der Waals surface area contributed by atoms with Crippen molar-refractivity contribution in [3.05, 3.63) is 0 Å². The van der Waals surface area contributed by atoms with Gasteiger partial charge in [0.2, 0.25) is 0 Å². The van der Waals surface area contributed by atoms with E-state index in [2.05, 4.69) is 13.8 Å². The van der Waals surface area contributed by atoms with Gasteiger partial charge in [0.25, 0.3) is 0 Å². The highest BCUT2D eigenvalue weighted by atomic mass is 16.6. The molecule has 0 amide bonds. The molecule has 0 aromatic carbocycles. The third-order valence-electron chi connectivity index (χ3n) is 2.82. The summed E-state index contributed by atoms with van der Waals surface area (Å²) in [5.41, 5.74) is 0. The number of epoxide rings is 1. The minimum Gasteiger partial charge on any atom is -0.379 e. The third kappa shape index (κ3) is 7.71. The highest BCUT2D eigenvalue weighted by Crippen LogP contribution is 2.27. The Kier molecular flexibility index (Phi) is 7.77. The van der Waals surface area contributed by atoms with Crippen LogP contribution in [0.2, 0.25) is 0 Å². The van der Waals surface area contributed by atoms with Gasteiger partial charge in [-0.2, -0.15) is 0 Å². The maximum atomic E-state index is 5.54. The standard InChI is InChI=1S/C13H26O4/c1-4-14-5-6-15-7-8-16-10-11(2)9-13-12(3)17-13/h11-13H,4-10H2,1-3H3. The van der Waals surface area contributed by atoms with E-state index in [4.69, 9.17) is 18.9 Å². The van der Waals surface area contributed by atoms with Gasteiger partial charge in [0.15, 0.2) is 0 Å². The molecule has 4 nitrogen and oxygen atoms in total. The summed E-state index contributed by atoms with van der Waals surface area (Å²) < 4.78 is 21.4. The van der Waals surface area contributed by atoms with Gasteiger partial charge in [0.05, 0.1) is 38.6 Å². The fourth-order valence-corrected chi connectivity index (χ4v) is 1.71. The number of hydrogen-bond acceptors (Lipinski definition) is 4. The molecular formula is C13H26O4. The molecule has 0 aromatic heterocycles. The van der Waals surface area contributed by atoms with Crippen LogP contribution in [-0.4, -0.2) is 51.8 Å². The first-order valence-electron chi connectivity index (χ1n) is 6.62. The van der Waals surface area contributed by atoms with Crippen LogP contribution in [0.15, 0.2) is 0 Å². The first-order valence-corrected chi connectivity index (χ1v) is 6.62. The summed E-state index contributed by atoms with van der Waals surface area (Å²) in [7, 11) is 0. The molecule has 3 unspecified atom stereocenters. The maximum Gasteiger partial charge on any atom is 0.0842 e. The molecule has 0 bridgehead atoms. The number of hydrogen-bond donors (Lipinski definition) is 0. The minimum absolute atomic E-state index is 0.458. The molecular weight excluding hydrogens is 220 g/mol. The molecule has 17 heavy (non-hydrogen) atoms. The van der Waals surface area contributed by atoms with Crippen molar-refractivity contribution in [2.24, 2.45) is 5.92 Å². The zero-order chi connectivity index (χ0) is 12.5. The van der Waals surface area contributed by atoms with Crippen molar-refractivity contribution in [3.63, 3.8) is 0 Å². The van der Waals surface area contributed by atoms with Gasteiger partial charge in [-0.1, -0.05) is 6.92 Å². The Morgan fingerprint density at radius 3 is 2.24 bits per heavy atom. The summed E-state index contributed by atoms with van der Waals surface area (Å²) >= 11 is 0. The Bertz CT molecular complexity index is 186. The lowest BCUT2D eigenvalue weighted by Gasteiger charge is -2.10. The van der Waals surface area contributed by atoms with Gasteiger partial charge in [0.1, 0.15) is 0 Å². The van der Waals surface area contributed by atoms with Gasteiger partial charge in [-0.3, -0.25) is 0 Å². The maximum absolute atomic E-state index is 5.54. The van der Waals surface area contributed by atoms with Crippen LogP contribution in [0, 0.1) is 5.92 Å². The highest BCUT2D eigenvalue weighted by Gasteiger charge is 2.34. The van der Waals surface area contributed by atoms with E-state index in [1.807, 2.05) is 6.92 Å². The molecule has 1 aliphatic heterocycles. The molecule has 0 spiro atoms. The largest absolute Gasteiger partial charge is 0.379 e. The van der Waals surface area contributed by atoms with E-state index in [0.29, 0.717) is 44.6 Å². The van der Waals surface area contributed by atoms with Crippen molar-refractivity contribution >= 4 is 0 Å². The van der Waals surface area contributed by atoms with Gasteiger partial charge in [-0.15, -0.1) is 0 Å². The Morgan fingerprint density at radius 2 is 1.65 bits per heavy atom. The molecule has 102 valence electrons. The lowest BCUT2D eigenvalue weighted by Crippen LogP contribution is -2.14. The van der Waals surface area contributed by atoms with Crippen molar-refractivity contribution in [3.8, 4) is 0 Å². The molecule has 1 fully saturated rings. The third-order valence-corrected chi connectivity index (χ3v) is 2.82. The Hall–Kier alpha value is -0.160. The van der Waals surface area contributed by atoms with Crippen molar-refractivity contribution in [1.29, 1.82) is 0 Å². The monoisotopic (exact) mass is 246 g/mol. The summed E-state index contributed by atoms with van der Waals surface area (Å²) in [4.78, 5) is 0. The van der Waals surface area contributed by atoms with E-state index in [0.717, 1.165) is 19.6 Å². The summed E-state index contributed by atoms with van der Waals surface area (Å²) in [6.07, 6.45) is 2.03. The second-order valence-electron chi connectivity index (χ2n) is 4.60. The van der Waals surface area contributed by atoms with Crippen LogP contribution in [0.5, 0.6) is 0 Å². The minimum atomic E-state index is 0.458. The molecule has 1 aliphatic rings. The van der Waals surface area contributed by atoms with Crippen LogP contribution in [0.3, 0.4) is 0 Å². The topological polar surface area (TPSA) is 40.2 Å². The van der Waals surface area contributed by atoms with Gasteiger partial charge in [-0.05, 0) is 26.2 Å². The average molecular weight is 246 g/mol. The zero-order valence-corrected chi connectivity index (χ0v) is 11.3. The number of rotatable bonds is 11. The SMILES string of the molecule is CCOCCOCCOCC(C)CC1OC1C. The van der Waals surface area contributed by atoms with Crippen LogP contribution < -0.4 is 0 Å². The van der Waals surface area contributed by atoms with Crippen LogP contribution in [0.1, 0.15) is 27.2 Å². The van der Waals surface area contributed by atoms with E-state index in [1.165, 1.54) is 0 Å². The molecule has 0 radical (unpaired) electrons. The van der Waals surface area contributed by atoms with Crippen LogP contribution >= 0.6 is 0 Å². The summed E-state index contributed by atoms with van der Waals surface area (Å²) in [5.74, 6) is 0.563. The Balaban J connectivity index is 1.77. The zero-order valence-electron chi connectivity index (χ0n) is 11.3. The first-order chi connectivity index (χ1) is 8.24. The molecule has 0 N–H and O–H groups in total. The molecule has 0 aliphatic carbocycles. The fourth-order valence-electron chi connectivity index (χ4n) is 1.71. The van der Waals surface area contributed by atoms with Gasteiger partial charge >= 0.3 is 0 Å². The highest BCUT2D eigenvalue weighted by molar-refractivity contribution is 4.81. The van der Waals surface area contributed by atoms with E-state index in [1.54, 1.807) is 0 Å². The fraction of sp³-hybridized carbons (Fsp3) is 1.00. The summed E-state index contributed by atoms with van der Waals surface area (Å²) in [6.45, 7) is 10.5. The Morgan fingerprint density at radius 1 is 1.06 bits per heavy atom. The molecule has 1 rings (SSSR count). The molecule has 1 saturated heterocycles. The van der Waals surface area contributed by atoms with Gasteiger partial charge in [-0.25, -0.2) is 0 Å². The molecule has 0 saturated carbocycles. The van der Waals surface area contributed by atoms with Crippen LogP contribution in [-0.2, 0) is 18.9 Å². The van der Waals surface area contributed by atoms with Gasteiger partial charge < -0.3 is 18.9 Å². The lowest BCUT2D eigenvalue weighted by molar-refractivity contribution is 0.00946. The van der Waals surface area contributed by atoms with E-state index in [-0.39, 0.29) is 0 Å². The smallest absolute Gasteiger partial charge is 0.0842 e. The summed E-state index contributed by atoms with van der Waals surface area (Å²) in [6, 6.07) is 0. The predicted molar refractivity (Wildman–Crippen MR) is 66.2 cm³/mol. The number of ether oxygens (including phenoxy) is 4. The van der Waals surface area contributed by atoms with Crippen molar-refractivity contribution in [1.82, 2.24) is 0 Å². The average Bonchev–Trinajstić information content (AvgIpc) is 2.98. The van der Waals surface area contributed by atoms with E-state index >= 15 is 0 Å². The second-order valence-corrected chi connectivity index (χ2v) is 4.60. The first kappa shape index (κ1) is 14.9. The van der Waals surface area contributed by atoms with Crippen LogP contribution in [0.25, 0.3) is 0 Å².